The van der Waals surface area contributed by atoms with Crippen molar-refractivity contribution in [3.05, 3.63) is 33.3 Å². The molecule has 1 aromatic rings. The lowest BCUT2D eigenvalue weighted by Gasteiger charge is -2.15. The molecule has 0 heterocycles. The Balaban J connectivity index is 2.83. The molecule has 0 aliphatic heterocycles. The first kappa shape index (κ1) is 13.5. The summed E-state index contributed by atoms with van der Waals surface area (Å²) in [7, 11) is 0. The minimum atomic E-state index is -0.111. The zero-order valence-corrected chi connectivity index (χ0v) is 11.7. The second-order valence-corrected chi connectivity index (χ2v) is 4.93. The summed E-state index contributed by atoms with van der Waals surface area (Å²) in [5, 5.41) is 3.43. The fourth-order valence-corrected chi connectivity index (χ4v) is 1.99. The van der Waals surface area contributed by atoms with Crippen LogP contribution in [-0.2, 0) is 0 Å². The Bertz CT molecular complexity index is 377. The molecule has 1 N–H and O–H groups in total. The molecule has 2 nitrogen and oxygen atoms in total. The molecule has 0 spiro atoms. The molecule has 0 saturated carbocycles. The van der Waals surface area contributed by atoms with E-state index in [2.05, 4.69) is 35.1 Å². The Morgan fingerprint density at radius 1 is 1.44 bits per heavy atom. The molecule has 16 heavy (non-hydrogen) atoms. The normalized spacial score (nSPS) is 10.6. The van der Waals surface area contributed by atoms with Crippen molar-refractivity contribution in [3.8, 4) is 0 Å². The van der Waals surface area contributed by atoms with E-state index >= 15 is 0 Å². The fraction of sp³-hybridized carbons (Fsp3) is 0.417. The lowest BCUT2D eigenvalue weighted by molar-refractivity contribution is 0.0935. The largest absolute Gasteiger partial charge is 0.349 e. The maximum Gasteiger partial charge on any atom is 0.253 e. The van der Waals surface area contributed by atoms with Gasteiger partial charge in [0.25, 0.3) is 5.91 Å². The summed E-state index contributed by atoms with van der Waals surface area (Å²) >= 11 is 9.31. The number of hydrogen-bond acceptors (Lipinski definition) is 1. The quantitative estimate of drug-likeness (QED) is 0.894. The van der Waals surface area contributed by atoms with E-state index < -0.39 is 0 Å². The minimum Gasteiger partial charge on any atom is -0.349 e. The van der Waals surface area contributed by atoms with Crippen molar-refractivity contribution in [2.24, 2.45) is 0 Å². The number of nitrogens with one attached hydrogen (secondary N) is 1. The Morgan fingerprint density at radius 2 is 2.06 bits per heavy atom. The van der Waals surface area contributed by atoms with Crippen molar-refractivity contribution in [2.75, 3.05) is 0 Å². The van der Waals surface area contributed by atoms with Gasteiger partial charge in [-0.2, -0.15) is 0 Å². The van der Waals surface area contributed by atoms with Crippen LogP contribution in [0.25, 0.3) is 0 Å². The highest BCUT2D eigenvalue weighted by atomic mass is 79.9. The predicted molar refractivity (Wildman–Crippen MR) is 71.0 cm³/mol. The first-order valence-corrected chi connectivity index (χ1v) is 6.51. The van der Waals surface area contributed by atoms with Gasteiger partial charge in [-0.05, 0) is 31.0 Å². The van der Waals surface area contributed by atoms with E-state index in [0.29, 0.717) is 10.6 Å². The molecule has 4 heteroatoms. The van der Waals surface area contributed by atoms with E-state index in [0.717, 1.165) is 17.3 Å². The average molecular weight is 305 g/mol. The number of amides is 1. The van der Waals surface area contributed by atoms with Gasteiger partial charge >= 0.3 is 0 Å². The van der Waals surface area contributed by atoms with Gasteiger partial charge < -0.3 is 5.32 Å². The molecule has 0 aliphatic rings. The highest BCUT2D eigenvalue weighted by Crippen LogP contribution is 2.21. The van der Waals surface area contributed by atoms with Gasteiger partial charge in [0.15, 0.2) is 0 Å². The molecule has 0 radical (unpaired) electrons. The zero-order valence-electron chi connectivity index (χ0n) is 9.39. The Hall–Kier alpha value is -0.540. The summed E-state index contributed by atoms with van der Waals surface area (Å²) in [4.78, 5) is 11.9. The first-order chi connectivity index (χ1) is 7.58. The zero-order chi connectivity index (χ0) is 12.1. The molecular weight excluding hydrogens is 289 g/mol. The number of carbonyl (C=O) groups is 1. The van der Waals surface area contributed by atoms with E-state index in [1.165, 1.54) is 0 Å². The summed E-state index contributed by atoms with van der Waals surface area (Å²) in [5.41, 5.74) is 0.517. The van der Waals surface area contributed by atoms with Crippen LogP contribution in [0.2, 0.25) is 5.02 Å². The van der Waals surface area contributed by atoms with Crippen LogP contribution >= 0.6 is 27.5 Å². The van der Waals surface area contributed by atoms with Crippen molar-refractivity contribution in [1.29, 1.82) is 0 Å². The van der Waals surface area contributed by atoms with Gasteiger partial charge in [0.1, 0.15) is 0 Å². The summed E-state index contributed by atoms with van der Waals surface area (Å²) in [6.07, 6.45) is 1.85. The second-order valence-electron chi connectivity index (χ2n) is 3.61. The van der Waals surface area contributed by atoms with Crippen LogP contribution in [0, 0.1) is 0 Å². The molecule has 1 aromatic carbocycles. The Morgan fingerprint density at radius 3 is 2.62 bits per heavy atom. The summed E-state index contributed by atoms with van der Waals surface area (Å²) in [6.45, 7) is 4.11. The van der Waals surface area contributed by atoms with Gasteiger partial charge in [0, 0.05) is 10.5 Å². The number of halogens is 2. The van der Waals surface area contributed by atoms with Crippen LogP contribution in [0.15, 0.2) is 22.7 Å². The van der Waals surface area contributed by atoms with E-state index in [4.69, 9.17) is 11.6 Å². The molecule has 0 atom stereocenters. The summed E-state index contributed by atoms with van der Waals surface area (Å²) in [5.74, 6) is -0.111. The van der Waals surface area contributed by atoms with Crippen LogP contribution in [0.4, 0.5) is 0 Å². The van der Waals surface area contributed by atoms with Crippen molar-refractivity contribution in [1.82, 2.24) is 5.32 Å². The lowest BCUT2D eigenvalue weighted by Crippen LogP contribution is -2.33. The molecular formula is C12H15BrClNO. The van der Waals surface area contributed by atoms with Gasteiger partial charge in [-0.15, -0.1) is 0 Å². The molecule has 88 valence electrons. The van der Waals surface area contributed by atoms with E-state index in [-0.39, 0.29) is 11.9 Å². The molecule has 0 bridgehead atoms. The molecule has 1 amide bonds. The minimum absolute atomic E-state index is 0.111. The third-order valence-corrected chi connectivity index (χ3v) is 3.32. The average Bonchev–Trinajstić information content (AvgIpc) is 2.28. The summed E-state index contributed by atoms with van der Waals surface area (Å²) in [6, 6.07) is 5.48. The molecule has 0 saturated heterocycles. The van der Waals surface area contributed by atoms with Crippen molar-refractivity contribution in [2.45, 2.75) is 32.7 Å². The predicted octanol–water partition coefficient (Wildman–Crippen LogP) is 4.02. The smallest absolute Gasteiger partial charge is 0.253 e. The molecule has 0 aromatic heterocycles. The number of carbonyl (C=O) groups excluding carboxylic acids is 1. The third kappa shape index (κ3) is 3.49. The third-order valence-electron chi connectivity index (χ3n) is 2.49. The second kappa shape index (κ2) is 6.26. The van der Waals surface area contributed by atoms with E-state index in [9.17, 15) is 4.79 Å². The number of benzene rings is 1. The number of hydrogen-bond donors (Lipinski definition) is 1. The van der Waals surface area contributed by atoms with Gasteiger partial charge in [0.2, 0.25) is 0 Å². The van der Waals surface area contributed by atoms with Crippen LogP contribution in [0.3, 0.4) is 0 Å². The van der Waals surface area contributed by atoms with Crippen LogP contribution < -0.4 is 5.32 Å². The molecule has 0 fully saturated rings. The Labute approximate surface area is 110 Å². The van der Waals surface area contributed by atoms with Crippen molar-refractivity contribution in [3.63, 3.8) is 0 Å². The molecule has 0 aliphatic carbocycles. The van der Waals surface area contributed by atoms with Gasteiger partial charge in [0.05, 0.1) is 10.6 Å². The van der Waals surface area contributed by atoms with Gasteiger partial charge in [-0.25, -0.2) is 0 Å². The van der Waals surface area contributed by atoms with Crippen LogP contribution in [-0.4, -0.2) is 11.9 Å². The SMILES string of the molecule is CCC(CC)NC(=O)c1cc(Br)ccc1Cl. The molecule has 0 unspecified atom stereocenters. The fourth-order valence-electron chi connectivity index (χ4n) is 1.43. The summed E-state index contributed by atoms with van der Waals surface area (Å²) < 4.78 is 0.853. The van der Waals surface area contributed by atoms with Gasteiger partial charge in [-0.3, -0.25) is 4.79 Å². The standard InChI is InChI=1S/C12H15BrClNO/c1-3-9(4-2)15-12(16)10-7-8(13)5-6-11(10)14/h5-7,9H,3-4H2,1-2H3,(H,15,16). The Kier molecular flexibility index (Phi) is 5.29. The highest BCUT2D eigenvalue weighted by molar-refractivity contribution is 9.10. The maximum atomic E-state index is 11.9. The molecule has 1 rings (SSSR count). The van der Waals surface area contributed by atoms with E-state index in [1.807, 2.05) is 6.07 Å². The highest BCUT2D eigenvalue weighted by Gasteiger charge is 2.13. The maximum absolute atomic E-state index is 11.9. The van der Waals surface area contributed by atoms with Crippen LogP contribution in [0.1, 0.15) is 37.0 Å². The van der Waals surface area contributed by atoms with E-state index in [1.54, 1.807) is 12.1 Å². The van der Waals surface area contributed by atoms with Crippen molar-refractivity contribution < 1.29 is 4.79 Å². The monoisotopic (exact) mass is 303 g/mol. The van der Waals surface area contributed by atoms with Crippen LogP contribution in [0.5, 0.6) is 0 Å². The number of rotatable bonds is 4. The lowest BCUT2D eigenvalue weighted by atomic mass is 10.1. The first-order valence-electron chi connectivity index (χ1n) is 5.34. The van der Waals surface area contributed by atoms with Crippen molar-refractivity contribution >= 4 is 33.4 Å². The topological polar surface area (TPSA) is 29.1 Å². The van der Waals surface area contributed by atoms with Gasteiger partial charge in [-0.1, -0.05) is 41.4 Å².